The lowest BCUT2D eigenvalue weighted by atomic mass is 10.0. The summed E-state index contributed by atoms with van der Waals surface area (Å²) in [6.45, 7) is 3.72. The lowest BCUT2D eigenvalue weighted by Gasteiger charge is -2.39. The summed E-state index contributed by atoms with van der Waals surface area (Å²) in [6.07, 6.45) is 5.48. The number of piperidine rings is 1. The maximum atomic E-state index is 12.0. The van der Waals surface area contributed by atoms with Crippen molar-refractivity contribution < 1.29 is 4.79 Å². The SMILES string of the molecule is CN1CCN(c2cc(N(C)C3CCCN(c4cccnn4)C3)ncn2)CC1=O. The summed E-state index contributed by atoms with van der Waals surface area (Å²) in [5.41, 5.74) is 0. The Morgan fingerprint density at radius 3 is 2.82 bits per heavy atom. The van der Waals surface area contributed by atoms with Gasteiger partial charge in [0.2, 0.25) is 5.91 Å². The molecule has 2 saturated heterocycles. The van der Waals surface area contributed by atoms with E-state index in [-0.39, 0.29) is 5.91 Å². The monoisotopic (exact) mass is 382 g/mol. The van der Waals surface area contributed by atoms with Gasteiger partial charge in [-0.05, 0) is 25.0 Å². The molecule has 4 rings (SSSR count). The number of nitrogens with zero attached hydrogens (tertiary/aromatic N) is 8. The van der Waals surface area contributed by atoms with Crippen molar-refractivity contribution in [3.8, 4) is 0 Å². The van der Waals surface area contributed by atoms with Crippen LogP contribution in [0.25, 0.3) is 0 Å². The Bertz CT molecular complexity index is 817. The van der Waals surface area contributed by atoms with Crippen molar-refractivity contribution in [1.82, 2.24) is 25.1 Å². The van der Waals surface area contributed by atoms with Crippen LogP contribution in [0.2, 0.25) is 0 Å². The molecule has 2 aliphatic rings. The number of piperazine rings is 1. The Kier molecular flexibility index (Phi) is 5.23. The highest BCUT2D eigenvalue weighted by Gasteiger charge is 2.26. The highest BCUT2D eigenvalue weighted by Crippen LogP contribution is 2.25. The van der Waals surface area contributed by atoms with Gasteiger partial charge in [0.25, 0.3) is 0 Å². The fourth-order valence-corrected chi connectivity index (χ4v) is 3.79. The fraction of sp³-hybridized carbons (Fsp3) is 0.526. The number of amides is 1. The molecule has 4 heterocycles. The molecule has 0 spiro atoms. The molecule has 148 valence electrons. The Balaban J connectivity index is 1.47. The van der Waals surface area contributed by atoms with Crippen LogP contribution in [0.4, 0.5) is 17.5 Å². The van der Waals surface area contributed by atoms with Gasteiger partial charge in [-0.2, -0.15) is 5.10 Å². The highest BCUT2D eigenvalue weighted by molar-refractivity contribution is 5.82. The van der Waals surface area contributed by atoms with Crippen LogP contribution in [-0.4, -0.2) is 83.8 Å². The maximum Gasteiger partial charge on any atom is 0.241 e. The molecule has 0 aliphatic carbocycles. The fourth-order valence-electron chi connectivity index (χ4n) is 3.79. The van der Waals surface area contributed by atoms with Gasteiger partial charge in [0.05, 0.1) is 6.54 Å². The summed E-state index contributed by atoms with van der Waals surface area (Å²) in [5.74, 6) is 2.72. The maximum absolute atomic E-state index is 12.0. The molecule has 1 amide bonds. The van der Waals surface area contributed by atoms with Crippen molar-refractivity contribution >= 4 is 23.4 Å². The number of rotatable bonds is 4. The Labute approximate surface area is 165 Å². The molecule has 0 N–H and O–H groups in total. The van der Waals surface area contributed by atoms with Crippen molar-refractivity contribution in [3.05, 3.63) is 30.7 Å². The molecule has 9 heteroatoms. The van der Waals surface area contributed by atoms with E-state index in [9.17, 15) is 4.79 Å². The van der Waals surface area contributed by atoms with E-state index >= 15 is 0 Å². The third kappa shape index (κ3) is 3.83. The zero-order valence-electron chi connectivity index (χ0n) is 16.4. The molecule has 1 unspecified atom stereocenters. The summed E-state index contributed by atoms with van der Waals surface area (Å²) in [4.78, 5) is 29.2. The first kappa shape index (κ1) is 18.4. The molecule has 9 nitrogen and oxygen atoms in total. The zero-order valence-corrected chi connectivity index (χ0v) is 16.4. The second-order valence-corrected chi connectivity index (χ2v) is 7.41. The third-order valence-corrected chi connectivity index (χ3v) is 5.61. The standard InChI is InChI=1S/C19H26N8O/c1-24-9-10-27(13-19(24)28)18-11-17(20-14-21-18)25(2)15-5-4-8-26(12-15)16-6-3-7-22-23-16/h3,6-7,11,14-15H,4-5,8-10,12-13H2,1-2H3. The van der Waals surface area contributed by atoms with E-state index in [4.69, 9.17) is 0 Å². The first-order valence-electron chi connectivity index (χ1n) is 9.68. The molecular weight excluding hydrogens is 356 g/mol. The van der Waals surface area contributed by atoms with Gasteiger partial charge >= 0.3 is 0 Å². The van der Waals surface area contributed by atoms with Crippen molar-refractivity contribution in [2.45, 2.75) is 18.9 Å². The number of carbonyl (C=O) groups is 1. The van der Waals surface area contributed by atoms with E-state index in [1.807, 2.05) is 30.1 Å². The molecular formula is C19H26N8O. The number of hydrogen-bond donors (Lipinski definition) is 0. The average molecular weight is 382 g/mol. The van der Waals surface area contributed by atoms with Crippen LogP contribution in [-0.2, 0) is 4.79 Å². The zero-order chi connectivity index (χ0) is 19.5. The van der Waals surface area contributed by atoms with Gasteiger partial charge in [-0.25, -0.2) is 9.97 Å². The van der Waals surface area contributed by atoms with Gasteiger partial charge in [-0.3, -0.25) is 4.79 Å². The smallest absolute Gasteiger partial charge is 0.241 e. The van der Waals surface area contributed by atoms with Crippen LogP contribution in [0.15, 0.2) is 30.7 Å². The summed E-state index contributed by atoms with van der Waals surface area (Å²) >= 11 is 0. The molecule has 28 heavy (non-hydrogen) atoms. The van der Waals surface area contributed by atoms with Crippen LogP contribution in [0.1, 0.15) is 12.8 Å². The Morgan fingerprint density at radius 1 is 1.14 bits per heavy atom. The third-order valence-electron chi connectivity index (χ3n) is 5.61. The van der Waals surface area contributed by atoms with Crippen molar-refractivity contribution in [1.29, 1.82) is 0 Å². The number of carbonyl (C=O) groups excluding carboxylic acids is 1. The van der Waals surface area contributed by atoms with Crippen LogP contribution >= 0.6 is 0 Å². The summed E-state index contributed by atoms with van der Waals surface area (Å²) in [6, 6.07) is 6.24. The molecule has 0 aromatic carbocycles. The first-order chi connectivity index (χ1) is 13.6. The molecule has 1 atom stereocenters. The van der Waals surface area contributed by atoms with Crippen molar-refractivity contribution in [2.24, 2.45) is 0 Å². The van der Waals surface area contributed by atoms with Crippen molar-refractivity contribution in [2.75, 3.05) is 61.5 Å². The molecule has 2 fully saturated rings. The van der Waals surface area contributed by atoms with Gasteiger partial charge in [-0.15, -0.1) is 5.10 Å². The van der Waals surface area contributed by atoms with Gasteiger partial charge in [-0.1, -0.05) is 0 Å². The van der Waals surface area contributed by atoms with Gasteiger partial charge < -0.3 is 19.6 Å². The number of aromatic nitrogens is 4. The van der Waals surface area contributed by atoms with Crippen LogP contribution in [0, 0.1) is 0 Å². The highest BCUT2D eigenvalue weighted by atomic mass is 16.2. The summed E-state index contributed by atoms with van der Waals surface area (Å²) in [5, 5.41) is 8.25. The van der Waals surface area contributed by atoms with E-state index in [1.54, 1.807) is 17.4 Å². The molecule has 2 aromatic rings. The summed E-state index contributed by atoms with van der Waals surface area (Å²) in [7, 11) is 3.91. The molecule has 2 aromatic heterocycles. The van der Waals surface area contributed by atoms with E-state index in [1.165, 1.54) is 0 Å². The number of hydrogen-bond acceptors (Lipinski definition) is 8. The van der Waals surface area contributed by atoms with Crippen LogP contribution < -0.4 is 14.7 Å². The van der Waals surface area contributed by atoms with E-state index in [2.05, 4.69) is 37.0 Å². The molecule has 0 saturated carbocycles. The first-order valence-corrected chi connectivity index (χ1v) is 9.68. The van der Waals surface area contributed by atoms with Crippen molar-refractivity contribution in [3.63, 3.8) is 0 Å². The van der Waals surface area contributed by atoms with Crippen LogP contribution in [0.5, 0.6) is 0 Å². The summed E-state index contributed by atoms with van der Waals surface area (Å²) < 4.78 is 0. The molecule has 0 bridgehead atoms. The lowest BCUT2D eigenvalue weighted by Crippen LogP contribution is -2.49. The Hall–Kier alpha value is -2.97. The minimum Gasteiger partial charge on any atom is -0.355 e. The minimum atomic E-state index is 0.117. The lowest BCUT2D eigenvalue weighted by molar-refractivity contribution is -0.129. The average Bonchev–Trinajstić information content (AvgIpc) is 2.76. The predicted molar refractivity (Wildman–Crippen MR) is 108 cm³/mol. The predicted octanol–water partition coefficient (Wildman–Crippen LogP) is 0.650. The molecule has 2 aliphatic heterocycles. The van der Waals surface area contributed by atoms with Crippen LogP contribution in [0.3, 0.4) is 0 Å². The second kappa shape index (κ2) is 7.95. The van der Waals surface area contributed by atoms with E-state index in [0.717, 1.165) is 49.9 Å². The second-order valence-electron chi connectivity index (χ2n) is 7.41. The topological polar surface area (TPSA) is 81.6 Å². The normalized spacial score (nSPS) is 20.4. The van der Waals surface area contributed by atoms with Gasteiger partial charge in [0, 0.05) is 58.6 Å². The minimum absolute atomic E-state index is 0.117. The number of likely N-dealkylation sites (N-methyl/N-ethyl adjacent to an activating group) is 2. The molecule has 0 radical (unpaired) electrons. The van der Waals surface area contributed by atoms with E-state index < -0.39 is 0 Å². The quantitative estimate of drug-likeness (QED) is 0.762. The van der Waals surface area contributed by atoms with Gasteiger partial charge in [0.1, 0.15) is 18.0 Å². The number of anilines is 3. The van der Waals surface area contributed by atoms with Gasteiger partial charge in [0.15, 0.2) is 5.82 Å². The van der Waals surface area contributed by atoms with E-state index in [0.29, 0.717) is 19.1 Å². The largest absolute Gasteiger partial charge is 0.355 e. The Morgan fingerprint density at radius 2 is 2.04 bits per heavy atom.